The maximum atomic E-state index is 12.6. The summed E-state index contributed by atoms with van der Waals surface area (Å²) in [6.07, 6.45) is 2.77. The summed E-state index contributed by atoms with van der Waals surface area (Å²) in [6, 6.07) is 8.22. The van der Waals surface area contributed by atoms with Crippen molar-refractivity contribution in [3.8, 4) is 6.07 Å². The third-order valence-corrected chi connectivity index (χ3v) is 5.62. The van der Waals surface area contributed by atoms with Crippen LogP contribution < -0.4 is 0 Å². The summed E-state index contributed by atoms with van der Waals surface area (Å²) >= 11 is 0. The van der Waals surface area contributed by atoms with E-state index in [2.05, 4.69) is 13.8 Å². The largest absolute Gasteiger partial charge is 0.387 e. The van der Waals surface area contributed by atoms with E-state index in [4.69, 9.17) is 5.26 Å². The number of rotatable bonds is 9. The fourth-order valence-electron chi connectivity index (χ4n) is 2.65. The highest BCUT2D eigenvalue weighted by Gasteiger charge is 2.21. The zero-order valence-electron chi connectivity index (χ0n) is 13.3. The molecule has 1 aromatic rings. The number of nitrogens with zero attached hydrogens (tertiary/aromatic N) is 1. The highest BCUT2D eigenvalue weighted by atomic mass is 32.2. The van der Waals surface area contributed by atoms with Crippen LogP contribution in [0.25, 0.3) is 0 Å². The maximum absolute atomic E-state index is 12.6. The van der Waals surface area contributed by atoms with Crippen LogP contribution in [0.1, 0.15) is 57.6 Å². The summed E-state index contributed by atoms with van der Waals surface area (Å²) in [5.74, 6) is 0.319. The Balaban J connectivity index is 2.97. The molecule has 0 aliphatic rings. The van der Waals surface area contributed by atoms with E-state index in [0.29, 0.717) is 5.56 Å². The Kier molecular flexibility index (Phi) is 7.57. The van der Waals surface area contributed by atoms with E-state index in [1.807, 2.05) is 6.07 Å². The number of sulfone groups is 1. The first-order valence-electron chi connectivity index (χ1n) is 7.82. The van der Waals surface area contributed by atoms with Gasteiger partial charge in [0.25, 0.3) is 0 Å². The predicted molar refractivity (Wildman–Crippen MR) is 87.0 cm³/mol. The fourth-order valence-corrected chi connectivity index (χ4v) is 4.40. The molecule has 0 aliphatic heterocycles. The normalized spacial score (nSPS) is 13.0. The van der Waals surface area contributed by atoms with Gasteiger partial charge in [0, 0.05) is 0 Å². The van der Waals surface area contributed by atoms with Gasteiger partial charge in [0.1, 0.15) is 0 Å². The van der Waals surface area contributed by atoms with E-state index >= 15 is 0 Å². The third-order valence-electron chi connectivity index (χ3n) is 3.74. The van der Waals surface area contributed by atoms with Gasteiger partial charge in [0.15, 0.2) is 9.84 Å². The van der Waals surface area contributed by atoms with E-state index in [1.165, 1.54) is 6.07 Å². The fraction of sp³-hybridized carbons (Fsp3) is 0.588. The Morgan fingerprint density at radius 2 is 1.86 bits per heavy atom. The van der Waals surface area contributed by atoms with Crippen LogP contribution >= 0.6 is 0 Å². The van der Waals surface area contributed by atoms with Crippen molar-refractivity contribution in [1.82, 2.24) is 0 Å². The van der Waals surface area contributed by atoms with Gasteiger partial charge in [-0.25, -0.2) is 8.42 Å². The van der Waals surface area contributed by atoms with Crippen LogP contribution in [0.4, 0.5) is 0 Å². The number of aliphatic hydroxyl groups excluding tert-OH is 1. The highest BCUT2D eigenvalue weighted by molar-refractivity contribution is 7.91. The first-order chi connectivity index (χ1) is 10.4. The molecule has 0 spiro atoms. The molecule has 5 heteroatoms. The van der Waals surface area contributed by atoms with Gasteiger partial charge in [0.2, 0.25) is 0 Å². The molecule has 0 aliphatic carbocycles. The minimum Gasteiger partial charge on any atom is -0.387 e. The summed E-state index contributed by atoms with van der Waals surface area (Å²) in [4.78, 5) is 0.235. The van der Waals surface area contributed by atoms with Gasteiger partial charge >= 0.3 is 0 Å². The molecule has 1 aromatic carbocycles. The Labute approximate surface area is 133 Å². The molecular formula is C17H25NO3S. The molecule has 22 heavy (non-hydrogen) atoms. The lowest BCUT2D eigenvalue weighted by Crippen LogP contribution is -2.17. The predicted octanol–water partition coefficient (Wildman–Crippen LogP) is 3.62. The summed E-state index contributed by atoms with van der Waals surface area (Å²) < 4.78 is 25.2. The van der Waals surface area contributed by atoms with E-state index in [9.17, 15) is 13.5 Å². The lowest BCUT2D eigenvalue weighted by molar-refractivity contribution is 0.183. The van der Waals surface area contributed by atoms with Crippen molar-refractivity contribution in [2.24, 2.45) is 5.92 Å². The summed E-state index contributed by atoms with van der Waals surface area (Å²) in [7, 11) is -3.37. The standard InChI is InChI=1S/C17H25NO3S/c1-3-6-14(7-4-2)13-22(20,21)16-9-5-8-15(12-16)17(19)10-11-18/h5,8-9,12,14,17,19H,3-4,6-7,10,13H2,1-2H3. The summed E-state index contributed by atoms with van der Waals surface area (Å²) in [6.45, 7) is 4.13. The lowest BCUT2D eigenvalue weighted by Gasteiger charge is -2.16. The molecule has 0 saturated carbocycles. The molecule has 122 valence electrons. The van der Waals surface area contributed by atoms with E-state index in [-0.39, 0.29) is 23.0 Å². The van der Waals surface area contributed by atoms with Crippen molar-refractivity contribution in [2.75, 3.05) is 5.75 Å². The zero-order valence-corrected chi connectivity index (χ0v) is 14.1. The highest BCUT2D eigenvalue weighted by Crippen LogP contribution is 2.24. The minimum atomic E-state index is -3.37. The van der Waals surface area contributed by atoms with Crippen molar-refractivity contribution >= 4 is 9.84 Å². The van der Waals surface area contributed by atoms with Gasteiger partial charge < -0.3 is 5.11 Å². The second-order valence-electron chi connectivity index (χ2n) is 5.68. The lowest BCUT2D eigenvalue weighted by atomic mass is 10.0. The average Bonchev–Trinajstić information content (AvgIpc) is 2.48. The number of benzene rings is 1. The zero-order chi connectivity index (χ0) is 16.6. The second kappa shape index (κ2) is 8.92. The molecule has 1 rings (SSSR count). The molecule has 0 radical (unpaired) electrons. The molecular weight excluding hydrogens is 298 g/mol. The van der Waals surface area contributed by atoms with Gasteiger partial charge in [-0.05, 0) is 36.5 Å². The van der Waals surface area contributed by atoms with Crippen LogP contribution in [0.15, 0.2) is 29.2 Å². The molecule has 0 amide bonds. The van der Waals surface area contributed by atoms with Crippen molar-refractivity contribution in [2.45, 2.75) is 57.0 Å². The van der Waals surface area contributed by atoms with Gasteiger partial charge in [0.05, 0.1) is 29.2 Å². The number of aliphatic hydroxyl groups is 1. The molecule has 0 heterocycles. The van der Waals surface area contributed by atoms with Crippen LogP contribution in [-0.2, 0) is 9.84 Å². The van der Waals surface area contributed by atoms with Crippen molar-refractivity contribution < 1.29 is 13.5 Å². The third kappa shape index (κ3) is 5.43. The number of hydrogen-bond acceptors (Lipinski definition) is 4. The number of nitriles is 1. The molecule has 0 saturated heterocycles. The molecule has 1 unspecified atom stereocenters. The van der Waals surface area contributed by atoms with Gasteiger partial charge in [-0.3, -0.25) is 0 Å². The van der Waals surface area contributed by atoms with Gasteiger partial charge in [-0.2, -0.15) is 5.26 Å². The first-order valence-corrected chi connectivity index (χ1v) is 9.47. The molecule has 1 N–H and O–H groups in total. The van der Waals surface area contributed by atoms with E-state index in [0.717, 1.165) is 25.7 Å². The van der Waals surface area contributed by atoms with Gasteiger partial charge in [-0.15, -0.1) is 0 Å². The minimum absolute atomic E-state index is 0.0439. The molecule has 0 aromatic heterocycles. The summed E-state index contributed by atoms with van der Waals surface area (Å²) in [5.41, 5.74) is 0.477. The topological polar surface area (TPSA) is 78.2 Å². The second-order valence-corrected chi connectivity index (χ2v) is 7.71. The van der Waals surface area contributed by atoms with Crippen LogP contribution in [-0.4, -0.2) is 19.3 Å². The van der Waals surface area contributed by atoms with Crippen LogP contribution in [0.5, 0.6) is 0 Å². The number of hydrogen-bond donors (Lipinski definition) is 1. The van der Waals surface area contributed by atoms with E-state index in [1.54, 1.807) is 18.2 Å². The Hall–Kier alpha value is -1.38. The van der Waals surface area contributed by atoms with Crippen molar-refractivity contribution in [1.29, 1.82) is 5.26 Å². The Bertz CT molecular complexity index is 599. The van der Waals surface area contributed by atoms with Crippen LogP contribution in [0, 0.1) is 17.2 Å². The molecule has 0 fully saturated rings. The monoisotopic (exact) mass is 323 g/mol. The SMILES string of the molecule is CCCC(CCC)CS(=O)(=O)c1cccc(C(O)CC#N)c1. The average molecular weight is 323 g/mol. The molecule has 1 atom stereocenters. The van der Waals surface area contributed by atoms with E-state index < -0.39 is 15.9 Å². The Morgan fingerprint density at radius 1 is 1.23 bits per heavy atom. The van der Waals surface area contributed by atoms with Crippen molar-refractivity contribution in [3.63, 3.8) is 0 Å². The van der Waals surface area contributed by atoms with Crippen LogP contribution in [0.2, 0.25) is 0 Å². The summed E-state index contributed by atoms with van der Waals surface area (Å²) in [5, 5.41) is 18.5. The quantitative estimate of drug-likeness (QED) is 0.753. The molecule has 4 nitrogen and oxygen atoms in total. The van der Waals surface area contributed by atoms with Gasteiger partial charge in [-0.1, -0.05) is 38.8 Å². The first kappa shape index (κ1) is 18.7. The molecule has 0 bridgehead atoms. The smallest absolute Gasteiger partial charge is 0.178 e. The Morgan fingerprint density at radius 3 is 2.41 bits per heavy atom. The van der Waals surface area contributed by atoms with Crippen LogP contribution in [0.3, 0.4) is 0 Å². The maximum Gasteiger partial charge on any atom is 0.178 e. The van der Waals surface area contributed by atoms with Crippen molar-refractivity contribution in [3.05, 3.63) is 29.8 Å².